The van der Waals surface area contributed by atoms with Crippen LogP contribution in [-0.4, -0.2) is 0 Å². The third-order valence-corrected chi connectivity index (χ3v) is 4.87. The summed E-state index contributed by atoms with van der Waals surface area (Å²) in [6.45, 7) is 2.11. The SMILES string of the molecule is CC(Nc1ccc(Cl)c(Cl)c1)c1ccc(Br)s1. The van der Waals surface area contributed by atoms with Crippen molar-refractivity contribution in [3.63, 3.8) is 0 Å². The lowest BCUT2D eigenvalue weighted by Gasteiger charge is -2.14. The highest BCUT2D eigenvalue weighted by Crippen LogP contribution is 2.31. The van der Waals surface area contributed by atoms with E-state index in [1.807, 2.05) is 18.2 Å². The Morgan fingerprint density at radius 2 is 1.94 bits per heavy atom. The standard InChI is InChI=1S/C12H10BrCl2NS/c1-7(11-4-5-12(13)17-11)16-8-2-3-9(14)10(15)6-8/h2-7,16H,1H3. The average molecular weight is 351 g/mol. The zero-order valence-electron chi connectivity index (χ0n) is 9.01. The number of rotatable bonds is 3. The van der Waals surface area contributed by atoms with E-state index in [1.54, 1.807) is 17.4 Å². The molecule has 0 bridgehead atoms. The normalized spacial score (nSPS) is 12.5. The monoisotopic (exact) mass is 349 g/mol. The van der Waals surface area contributed by atoms with Crippen molar-refractivity contribution in [2.75, 3.05) is 5.32 Å². The largest absolute Gasteiger partial charge is 0.378 e. The van der Waals surface area contributed by atoms with Gasteiger partial charge in [-0.1, -0.05) is 23.2 Å². The minimum Gasteiger partial charge on any atom is -0.378 e. The fourth-order valence-electron chi connectivity index (χ4n) is 1.47. The number of anilines is 1. The third-order valence-electron chi connectivity index (χ3n) is 2.32. The number of hydrogen-bond donors (Lipinski definition) is 1. The summed E-state index contributed by atoms with van der Waals surface area (Å²) in [7, 11) is 0. The first-order chi connectivity index (χ1) is 8.06. The van der Waals surface area contributed by atoms with Crippen molar-refractivity contribution in [3.8, 4) is 0 Å². The first-order valence-electron chi connectivity index (χ1n) is 5.03. The van der Waals surface area contributed by atoms with E-state index in [0.29, 0.717) is 10.0 Å². The molecule has 1 N–H and O–H groups in total. The van der Waals surface area contributed by atoms with Crippen LogP contribution in [-0.2, 0) is 0 Å². The van der Waals surface area contributed by atoms with Crippen molar-refractivity contribution in [1.82, 2.24) is 0 Å². The third kappa shape index (κ3) is 3.38. The molecule has 2 rings (SSSR count). The summed E-state index contributed by atoms with van der Waals surface area (Å²) in [5.41, 5.74) is 0.969. The van der Waals surface area contributed by atoms with Gasteiger partial charge in [-0.05, 0) is 53.2 Å². The van der Waals surface area contributed by atoms with Crippen molar-refractivity contribution >= 4 is 56.2 Å². The van der Waals surface area contributed by atoms with Gasteiger partial charge in [0.25, 0.3) is 0 Å². The Labute approximate surface area is 123 Å². The molecule has 1 aromatic heterocycles. The fourth-order valence-corrected chi connectivity index (χ4v) is 3.19. The Hall–Kier alpha value is -0.220. The van der Waals surface area contributed by atoms with Crippen LogP contribution >= 0.6 is 50.5 Å². The van der Waals surface area contributed by atoms with E-state index < -0.39 is 0 Å². The smallest absolute Gasteiger partial charge is 0.0702 e. The summed E-state index contributed by atoms with van der Waals surface area (Å²) in [5, 5.41) is 4.52. The molecule has 1 unspecified atom stereocenters. The molecule has 1 aromatic carbocycles. The maximum Gasteiger partial charge on any atom is 0.0702 e. The van der Waals surface area contributed by atoms with Gasteiger partial charge in [0, 0.05) is 10.6 Å². The molecule has 0 aliphatic carbocycles. The van der Waals surface area contributed by atoms with Gasteiger partial charge in [-0.2, -0.15) is 0 Å². The Bertz CT molecular complexity index is 527. The molecule has 1 heterocycles. The lowest BCUT2D eigenvalue weighted by molar-refractivity contribution is 0.908. The molecule has 0 spiro atoms. The molecule has 0 fully saturated rings. The van der Waals surface area contributed by atoms with Gasteiger partial charge in [0.15, 0.2) is 0 Å². The van der Waals surface area contributed by atoms with Crippen LogP contribution in [0.4, 0.5) is 5.69 Å². The van der Waals surface area contributed by atoms with E-state index in [0.717, 1.165) is 9.47 Å². The highest BCUT2D eigenvalue weighted by Gasteiger charge is 2.08. The molecule has 0 saturated carbocycles. The maximum atomic E-state index is 5.97. The summed E-state index contributed by atoms with van der Waals surface area (Å²) in [6.07, 6.45) is 0. The van der Waals surface area contributed by atoms with Crippen molar-refractivity contribution in [2.24, 2.45) is 0 Å². The van der Waals surface area contributed by atoms with Crippen LogP contribution < -0.4 is 5.32 Å². The molecule has 5 heteroatoms. The Morgan fingerprint density at radius 1 is 1.18 bits per heavy atom. The molecule has 0 radical (unpaired) electrons. The highest BCUT2D eigenvalue weighted by atomic mass is 79.9. The molecular formula is C12H10BrCl2NS. The van der Waals surface area contributed by atoms with Gasteiger partial charge in [0.2, 0.25) is 0 Å². The number of benzene rings is 1. The Kier molecular flexibility index (Phi) is 4.36. The first-order valence-corrected chi connectivity index (χ1v) is 7.39. The molecule has 0 aliphatic heterocycles. The number of halogens is 3. The topological polar surface area (TPSA) is 12.0 Å². The van der Waals surface area contributed by atoms with Crippen molar-refractivity contribution in [1.29, 1.82) is 0 Å². The van der Waals surface area contributed by atoms with Gasteiger partial charge >= 0.3 is 0 Å². The van der Waals surface area contributed by atoms with Crippen molar-refractivity contribution < 1.29 is 0 Å². The van der Waals surface area contributed by atoms with E-state index in [4.69, 9.17) is 23.2 Å². The molecule has 17 heavy (non-hydrogen) atoms. The zero-order valence-corrected chi connectivity index (χ0v) is 12.9. The van der Waals surface area contributed by atoms with E-state index in [2.05, 4.69) is 34.2 Å². The van der Waals surface area contributed by atoms with E-state index in [-0.39, 0.29) is 6.04 Å². The predicted molar refractivity (Wildman–Crippen MR) is 80.5 cm³/mol. The Balaban J connectivity index is 2.12. The lowest BCUT2D eigenvalue weighted by atomic mass is 10.2. The summed E-state index contributed by atoms with van der Waals surface area (Å²) < 4.78 is 1.13. The van der Waals surface area contributed by atoms with Gasteiger partial charge in [-0.3, -0.25) is 0 Å². The molecule has 90 valence electrons. The lowest BCUT2D eigenvalue weighted by Crippen LogP contribution is -2.04. The highest BCUT2D eigenvalue weighted by molar-refractivity contribution is 9.11. The van der Waals surface area contributed by atoms with Gasteiger partial charge in [-0.25, -0.2) is 0 Å². The van der Waals surface area contributed by atoms with E-state index in [9.17, 15) is 0 Å². The molecule has 0 amide bonds. The summed E-state index contributed by atoms with van der Waals surface area (Å²) >= 11 is 17.0. The summed E-state index contributed by atoms with van der Waals surface area (Å²) in [5.74, 6) is 0. The number of thiophene rings is 1. The van der Waals surface area contributed by atoms with Gasteiger partial charge in [0.1, 0.15) is 0 Å². The van der Waals surface area contributed by atoms with Crippen LogP contribution in [0.5, 0.6) is 0 Å². The molecule has 1 atom stereocenters. The van der Waals surface area contributed by atoms with Gasteiger partial charge in [0.05, 0.1) is 19.9 Å². The van der Waals surface area contributed by atoms with Crippen molar-refractivity contribution in [2.45, 2.75) is 13.0 Å². The second kappa shape index (κ2) is 5.61. The second-order valence-electron chi connectivity index (χ2n) is 3.64. The van der Waals surface area contributed by atoms with E-state index >= 15 is 0 Å². The number of hydrogen-bond acceptors (Lipinski definition) is 2. The molecule has 0 saturated heterocycles. The molecule has 0 aliphatic rings. The van der Waals surface area contributed by atoms with Gasteiger partial charge < -0.3 is 5.32 Å². The van der Waals surface area contributed by atoms with Crippen LogP contribution in [0, 0.1) is 0 Å². The maximum absolute atomic E-state index is 5.97. The second-order valence-corrected chi connectivity index (χ2v) is 6.95. The zero-order chi connectivity index (χ0) is 12.4. The average Bonchev–Trinajstić information content (AvgIpc) is 2.70. The molecule has 1 nitrogen and oxygen atoms in total. The Morgan fingerprint density at radius 3 is 2.53 bits per heavy atom. The van der Waals surface area contributed by atoms with E-state index in [1.165, 1.54) is 4.88 Å². The summed E-state index contributed by atoms with van der Waals surface area (Å²) in [6, 6.07) is 9.94. The molecule has 2 aromatic rings. The van der Waals surface area contributed by atoms with Gasteiger partial charge in [-0.15, -0.1) is 11.3 Å². The summed E-state index contributed by atoms with van der Waals surface area (Å²) in [4.78, 5) is 1.27. The quantitative estimate of drug-likeness (QED) is 0.716. The van der Waals surface area contributed by atoms with Crippen molar-refractivity contribution in [3.05, 3.63) is 49.0 Å². The van der Waals surface area contributed by atoms with Crippen LogP contribution in [0.2, 0.25) is 10.0 Å². The van der Waals surface area contributed by atoms with Crippen LogP contribution in [0.1, 0.15) is 17.8 Å². The minimum absolute atomic E-state index is 0.239. The first kappa shape index (κ1) is 13.2. The minimum atomic E-state index is 0.239. The van der Waals surface area contributed by atoms with Crippen LogP contribution in [0.25, 0.3) is 0 Å². The predicted octanol–water partition coefficient (Wildman–Crippen LogP) is 5.99. The fraction of sp³-hybridized carbons (Fsp3) is 0.167. The van der Waals surface area contributed by atoms with Crippen LogP contribution in [0.3, 0.4) is 0 Å². The molecular weight excluding hydrogens is 341 g/mol. The number of nitrogens with one attached hydrogen (secondary N) is 1. The van der Waals surface area contributed by atoms with Crippen LogP contribution in [0.15, 0.2) is 34.1 Å².